The highest BCUT2D eigenvalue weighted by Crippen LogP contribution is 2.45. The van der Waals surface area contributed by atoms with E-state index < -0.39 is 11.3 Å². The third kappa shape index (κ3) is 2.94. The van der Waals surface area contributed by atoms with Crippen molar-refractivity contribution in [2.45, 2.75) is 21.5 Å². The lowest BCUT2D eigenvalue weighted by atomic mass is 10.1. The Balaban J connectivity index is 1.96. The molecular formula is C11H11N5O4S3. The number of aromatic nitrogens is 2. The summed E-state index contributed by atoms with van der Waals surface area (Å²) in [5.41, 5.74) is 1.88. The van der Waals surface area contributed by atoms with E-state index in [0.717, 1.165) is 5.01 Å². The zero-order valence-corrected chi connectivity index (χ0v) is 13.9. The van der Waals surface area contributed by atoms with Crippen LogP contribution in [0.2, 0.25) is 0 Å². The van der Waals surface area contributed by atoms with Gasteiger partial charge in [-0.3, -0.25) is 19.5 Å². The van der Waals surface area contributed by atoms with Gasteiger partial charge in [-0.05, 0) is 0 Å². The predicted octanol–water partition coefficient (Wildman–Crippen LogP) is -0.0677. The molecule has 1 saturated heterocycles. The maximum atomic E-state index is 11.8. The van der Waals surface area contributed by atoms with Gasteiger partial charge in [-0.25, -0.2) is 10.6 Å². The van der Waals surface area contributed by atoms with E-state index in [0.29, 0.717) is 16.3 Å². The first-order chi connectivity index (χ1) is 11.0. The summed E-state index contributed by atoms with van der Waals surface area (Å²) < 4.78 is 0.665. The van der Waals surface area contributed by atoms with Gasteiger partial charge in [0.1, 0.15) is 16.6 Å². The normalized spacial score (nSPS) is 23.3. The van der Waals surface area contributed by atoms with Crippen LogP contribution in [0.4, 0.5) is 0 Å². The summed E-state index contributed by atoms with van der Waals surface area (Å²) in [5, 5.41) is 17.1. The van der Waals surface area contributed by atoms with Crippen LogP contribution in [0.25, 0.3) is 0 Å². The monoisotopic (exact) mass is 373 g/mol. The van der Waals surface area contributed by atoms with Crippen LogP contribution >= 0.6 is 34.9 Å². The molecule has 3 heterocycles. The zero-order chi connectivity index (χ0) is 16.6. The van der Waals surface area contributed by atoms with Crippen molar-refractivity contribution in [3.8, 4) is 0 Å². The minimum Gasteiger partial charge on any atom is -0.477 e. The lowest BCUT2D eigenvalue weighted by Gasteiger charge is -2.47. The number of aliphatic carboxylic acids is 1. The van der Waals surface area contributed by atoms with Crippen LogP contribution in [-0.4, -0.2) is 60.0 Å². The Morgan fingerprint density at radius 3 is 3.00 bits per heavy atom. The predicted molar refractivity (Wildman–Crippen MR) is 84.0 cm³/mol. The second kappa shape index (κ2) is 6.47. The molecular weight excluding hydrogens is 362 g/mol. The summed E-state index contributed by atoms with van der Waals surface area (Å²) in [4.78, 5) is 35.8. The van der Waals surface area contributed by atoms with Crippen molar-refractivity contribution < 1.29 is 19.5 Å². The van der Waals surface area contributed by atoms with Crippen LogP contribution in [0.15, 0.2) is 21.1 Å². The van der Waals surface area contributed by atoms with E-state index in [2.05, 4.69) is 10.2 Å². The summed E-state index contributed by atoms with van der Waals surface area (Å²) in [7, 11) is 0. The Labute approximate surface area is 142 Å². The van der Waals surface area contributed by atoms with Crippen LogP contribution in [-0.2, 0) is 14.4 Å². The molecule has 1 aromatic heterocycles. The van der Waals surface area contributed by atoms with Gasteiger partial charge in [-0.2, -0.15) is 0 Å². The Kier molecular flexibility index (Phi) is 4.57. The van der Waals surface area contributed by atoms with Gasteiger partial charge in [0, 0.05) is 11.3 Å². The number of nitrogens with zero attached hydrogens (tertiary/aromatic N) is 4. The molecule has 1 aromatic rings. The molecule has 0 spiro atoms. The van der Waals surface area contributed by atoms with E-state index in [1.54, 1.807) is 5.51 Å². The van der Waals surface area contributed by atoms with Gasteiger partial charge < -0.3 is 5.11 Å². The molecule has 2 aliphatic rings. The van der Waals surface area contributed by atoms with Gasteiger partial charge in [-0.1, -0.05) is 23.1 Å². The third-order valence-corrected chi connectivity index (χ3v) is 6.71. The fourth-order valence-corrected chi connectivity index (χ4v) is 5.39. The number of hydrazine groups is 1. The largest absolute Gasteiger partial charge is 0.477 e. The maximum absolute atomic E-state index is 11.8. The van der Waals surface area contributed by atoms with E-state index in [1.807, 2.05) is 0 Å². The molecule has 122 valence electrons. The quantitative estimate of drug-likeness (QED) is 0.176. The van der Waals surface area contributed by atoms with Gasteiger partial charge in [0.05, 0.1) is 11.8 Å². The van der Waals surface area contributed by atoms with Crippen LogP contribution in [0.3, 0.4) is 0 Å². The highest BCUT2D eigenvalue weighted by Gasteiger charge is 2.49. The lowest BCUT2D eigenvalue weighted by Crippen LogP contribution is -2.58. The molecule has 1 fully saturated rings. The fraction of sp³-hybridized carbons (Fsp3) is 0.364. The average molecular weight is 373 g/mol. The Bertz CT molecular complexity index is 679. The van der Waals surface area contributed by atoms with Crippen molar-refractivity contribution in [3.05, 3.63) is 16.8 Å². The topological polar surface area (TPSA) is 130 Å². The van der Waals surface area contributed by atoms with E-state index in [1.165, 1.54) is 39.8 Å². The van der Waals surface area contributed by atoms with Gasteiger partial charge in [0.15, 0.2) is 4.34 Å². The molecule has 3 N–H and O–H groups in total. The lowest BCUT2D eigenvalue weighted by molar-refractivity contribution is -0.146. The van der Waals surface area contributed by atoms with Crippen molar-refractivity contribution in [1.29, 1.82) is 0 Å². The van der Waals surface area contributed by atoms with Crippen LogP contribution in [0.5, 0.6) is 0 Å². The Morgan fingerprint density at radius 2 is 2.43 bits per heavy atom. The minimum absolute atomic E-state index is 0.0932. The van der Waals surface area contributed by atoms with Crippen molar-refractivity contribution in [3.63, 3.8) is 0 Å². The molecule has 2 amide bonds. The highest BCUT2D eigenvalue weighted by atomic mass is 32.2. The molecule has 3 rings (SSSR count). The highest BCUT2D eigenvalue weighted by molar-refractivity contribution is 8.02. The van der Waals surface area contributed by atoms with E-state index in [-0.39, 0.29) is 29.2 Å². The number of amides is 2. The molecule has 0 aliphatic carbocycles. The number of thioether (sulfide) groups is 2. The molecule has 9 nitrogen and oxygen atoms in total. The van der Waals surface area contributed by atoms with Crippen LogP contribution in [0, 0.1) is 0 Å². The number of β-lactam (4-membered cyclic amide) rings is 1. The second-order valence-corrected chi connectivity index (χ2v) is 7.95. The summed E-state index contributed by atoms with van der Waals surface area (Å²) in [6.45, 7) is 0. The maximum Gasteiger partial charge on any atom is 0.352 e. The zero-order valence-electron chi connectivity index (χ0n) is 11.5. The standard InChI is InChI=1S/C11H11N5O4S3/c12-15(4-17)9-5(2-21-11-14-13-3-22-11)8(10(19)20)16-6(18)1-7(16)23-9/h3-4,7,9H,1-2,12H2,(H,19,20)/t7-,9?/m1/s1. The number of hydrogen-bond donors (Lipinski definition) is 2. The molecule has 0 saturated carbocycles. The van der Waals surface area contributed by atoms with Crippen molar-refractivity contribution in [2.24, 2.45) is 5.84 Å². The number of carbonyl (C=O) groups excluding carboxylic acids is 2. The third-order valence-electron chi connectivity index (χ3n) is 3.32. The Hall–Kier alpha value is -1.63. The molecule has 23 heavy (non-hydrogen) atoms. The van der Waals surface area contributed by atoms with E-state index in [9.17, 15) is 19.5 Å². The second-order valence-electron chi connectivity index (χ2n) is 4.64. The van der Waals surface area contributed by atoms with Gasteiger partial charge >= 0.3 is 5.97 Å². The summed E-state index contributed by atoms with van der Waals surface area (Å²) in [5.74, 6) is 4.49. The van der Waals surface area contributed by atoms with Gasteiger partial charge in [0.25, 0.3) is 0 Å². The number of carbonyl (C=O) groups is 3. The van der Waals surface area contributed by atoms with Gasteiger partial charge in [-0.15, -0.1) is 22.0 Å². The van der Waals surface area contributed by atoms with E-state index in [4.69, 9.17) is 5.84 Å². The fourth-order valence-electron chi connectivity index (χ4n) is 2.32. The molecule has 2 aliphatic heterocycles. The van der Waals surface area contributed by atoms with Gasteiger partial charge in [0.2, 0.25) is 12.3 Å². The van der Waals surface area contributed by atoms with Crippen LogP contribution < -0.4 is 5.84 Å². The summed E-state index contributed by atoms with van der Waals surface area (Å²) in [6.07, 6.45) is 0.685. The summed E-state index contributed by atoms with van der Waals surface area (Å²) in [6, 6.07) is 0. The molecule has 0 bridgehead atoms. The first-order valence-electron chi connectivity index (χ1n) is 6.34. The van der Waals surface area contributed by atoms with Crippen molar-refractivity contribution in [1.82, 2.24) is 20.1 Å². The number of nitrogens with two attached hydrogens (primary N) is 1. The number of fused-ring (bicyclic) bond motifs is 1. The number of hydrogen-bond acceptors (Lipinski definition) is 9. The SMILES string of the molecule is NN(C=O)C1S[C@@H]2CC(=O)N2C(C(=O)O)=C1CSc1nncs1. The molecule has 2 atom stereocenters. The van der Waals surface area contributed by atoms with Crippen LogP contribution in [0.1, 0.15) is 6.42 Å². The first kappa shape index (κ1) is 16.2. The van der Waals surface area contributed by atoms with Crippen molar-refractivity contribution >= 4 is 53.1 Å². The average Bonchev–Trinajstić information content (AvgIpc) is 3.03. The molecule has 0 radical (unpaired) electrons. The smallest absolute Gasteiger partial charge is 0.352 e. The number of carboxylic acids is 1. The molecule has 12 heteroatoms. The first-order valence-corrected chi connectivity index (χ1v) is 9.15. The molecule has 1 unspecified atom stereocenters. The minimum atomic E-state index is -1.21. The summed E-state index contributed by atoms with van der Waals surface area (Å²) >= 11 is 3.90. The number of rotatable bonds is 6. The molecule has 0 aromatic carbocycles. The van der Waals surface area contributed by atoms with E-state index >= 15 is 0 Å². The Morgan fingerprint density at radius 1 is 1.65 bits per heavy atom. The van der Waals surface area contributed by atoms with Crippen molar-refractivity contribution in [2.75, 3.05) is 5.75 Å². The number of carboxylic acid groups (broad SMARTS) is 1.